The summed E-state index contributed by atoms with van der Waals surface area (Å²) < 4.78 is 3.38. The van der Waals surface area contributed by atoms with E-state index >= 15 is 0 Å². The summed E-state index contributed by atoms with van der Waals surface area (Å²) in [5.74, 6) is -0.108. The molecule has 1 saturated carbocycles. The molecule has 0 saturated heterocycles. The van der Waals surface area contributed by atoms with Crippen molar-refractivity contribution in [2.45, 2.75) is 71.9 Å². The first kappa shape index (κ1) is 20.4. The number of nitrogens with one attached hydrogen (secondary N) is 1. The van der Waals surface area contributed by atoms with Gasteiger partial charge < -0.3 is 5.32 Å². The van der Waals surface area contributed by atoms with Crippen molar-refractivity contribution in [3.8, 4) is 5.69 Å². The Balaban J connectivity index is 1.80. The van der Waals surface area contributed by atoms with E-state index in [2.05, 4.69) is 5.32 Å². The molecule has 0 bridgehead atoms. The van der Waals surface area contributed by atoms with Crippen LogP contribution < -0.4 is 10.9 Å². The number of carbonyl (C=O) groups excluding carboxylic acids is 1. The van der Waals surface area contributed by atoms with Crippen LogP contribution in [0.25, 0.3) is 16.7 Å². The van der Waals surface area contributed by atoms with Crippen molar-refractivity contribution in [1.29, 1.82) is 0 Å². The normalized spacial score (nSPS) is 14.9. The molecule has 1 aromatic carbocycles. The summed E-state index contributed by atoms with van der Waals surface area (Å²) >= 11 is 0. The van der Waals surface area contributed by atoms with Crippen LogP contribution in [0.2, 0.25) is 0 Å². The average molecular weight is 407 g/mol. The molecule has 158 valence electrons. The second kappa shape index (κ2) is 8.46. The summed E-state index contributed by atoms with van der Waals surface area (Å²) in [6.45, 7) is 6.05. The molecule has 1 N–H and O–H groups in total. The minimum absolute atomic E-state index is 0.00677. The van der Waals surface area contributed by atoms with E-state index in [0.717, 1.165) is 60.0 Å². The fraction of sp³-hybridized carbons (Fsp3) is 0.458. The molecule has 0 radical (unpaired) electrons. The fourth-order valence-corrected chi connectivity index (χ4v) is 4.51. The van der Waals surface area contributed by atoms with Crippen molar-refractivity contribution in [2.24, 2.45) is 0 Å². The molecular formula is C24H30N4O2. The van der Waals surface area contributed by atoms with E-state index in [9.17, 15) is 9.59 Å². The molecule has 1 amide bonds. The zero-order valence-corrected chi connectivity index (χ0v) is 18.1. The molecule has 3 aromatic rings. The van der Waals surface area contributed by atoms with Gasteiger partial charge in [0.1, 0.15) is 12.2 Å². The molecule has 0 aliphatic heterocycles. The second-order valence-corrected chi connectivity index (χ2v) is 8.38. The third-order valence-electron chi connectivity index (χ3n) is 6.11. The molecule has 0 spiro atoms. The lowest BCUT2D eigenvalue weighted by molar-refractivity contribution is -0.122. The van der Waals surface area contributed by atoms with Gasteiger partial charge in [-0.05, 0) is 50.8 Å². The van der Waals surface area contributed by atoms with E-state index in [0.29, 0.717) is 5.65 Å². The van der Waals surface area contributed by atoms with Crippen LogP contribution in [-0.4, -0.2) is 26.3 Å². The van der Waals surface area contributed by atoms with Gasteiger partial charge in [0.05, 0.1) is 11.4 Å². The second-order valence-electron chi connectivity index (χ2n) is 8.38. The van der Waals surface area contributed by atoms with Crippen LogP contribution in [0.5, 0.6) is 0 Å². The zero-order valence-electron chi connectivity index (χ0n) is 18.1. The van der Waals surface area contributed by atoms with Gasteiger partial charge in [-0.1, -0.05) is 43.9 Å². The number of amides is 1. The maximum atomic E-state index is 13.0. The van der Waals surface area contributed by atoms with Crippen LogP contribution in [0.1, 0.15) is 55.8 Å². The van der Waals surface area contributed by atoms with Gasteiger partial charge in [-0.15, -0.1) is 0 Å². The number of hydrogen-bond acceptors (Lipinski definition) is 3. The van der Waals surface area contributed by atoms with E-state index in [1.807, 2.05) is 45.0 Å². The van der Waals surface area contributed by atoms with Gasteiger partial charge in [-0.3, -0.25) is 14.2 Å². The molecule has 1 aliphatic carbocycles. The summed E-state index contributed by atoms with van der Waals surface area (Å²) in [5.41, 5.74) is 4.41. The van der Waals surface area contributed by atoms with E-state index in [-0.39, 0.29) is 24.1 Å². The lowest BCUT2D eigenvalue weighted by Gasteiger charge is -2.23. The van der Waals surface area contributed by atoms with Crippen molar-refractivity contribution >= 4 is 16.9 Å². The van der Waals surface area contributed by atoms with Crippen LogP contribution in [0.4, 0.5) is 0 Å². The molecule has 1 aliphatic rings. The number of aromatic nitrogens is 3. The van der Waals surface area contributed by atoms with Crippen LogP contribution in [0.3, 0.4) is 0 Å². The Bertz CT molecular complexity index is 1120. The SMILES string of the molecule is CCc1cc(=O)n(CC(=O)NC2CCCCC2)c2c1c(C)nn2-c1ccc(C)cc1. The number of pyridine rings is 1. The van der Waals surface area contributed by atoms with E-state index in [1.165, 1.54) is 6.42 Å². The van der Waals surface area contributed by atoms with Gasteiger partial charge in [0.25, 0.3) is 5.56 Å². The van der Waals surface area contributed by atoms with Crippen molar-refractivity contribution < 1.29 is 4.79 Å². The summed E-state index contributed by atoms with van der Waals surface area (Å²) in [5, 5.41) is 8.84. The minimum Gasteiger partial charge on any atom is -0.352 e. The number of hydrogen-bond donors (Lipinski definition) is 1. The molecule has 6 nitrogen and oxygen atoms in total. The lowest BCUT2D eigenvalue weighted by atomic mass is 9.95. The van der Waals surface area contributed by atoms with Crippen LogP contribution >= 0.6 is 0 Å². The monoisotopic (exact) mass is 406 g/mol. The summed E-state index contributed by atoms with van der Waals surface area (Å²) in [4.78, 5) is 25.9. The molecule has 6 heteroatoms. The third-order valence-corrected chi connectivity index (χ3v) is 6.11. The average Bonchev–Trinajstić information content (AvgIpc) is 3.08. The molecule has 4 rings (SSSR count). The first-order chi connectivity index (χ1) is 14.5. The first-order valence-electron chi connectivity index (χ1n) is 11.0. The van der Waals surface area contributed by atoms with Gasteiger partial charge in [-0.25, -0.2) is 4.68 Å². The predicted molar refractivity (Wildman–Crippen MR) is 119 cm³/mol. The maximum absolute atomic E-state index is 13.0. The fourth-order valence-electron chi connectivity index (χ4n) is 4.51. The van der Waals surface area contributed by atoms with Gasteiger partial charge >= 0.3 is 0 Å². The predicted octanol–water partition coefficient (Wildman–Crippen LogP) is 3.82. The maximum Gasteiger partial charge on any atom is 0.252 e. The zero-order chi connectivity index (χ0) is 21.3. The Morgan fingerprint density at radius 3 is 2.50 bits per heavy atom. The van der Waals surface area contributed by atoms with Crippen LogP contribution in [0, 0.1) is 13.8 Å². The summed E-state index contributed by atoms with van der Waals surface area (Å²) in [6.07, 6.45) is 6.32. The van der Waals surface area contributed by atoms with Gasteiger partial charge in [0.2, 0.25) is 5.91 Å². The molecular weight excluding hydrogens is 376 g/mol. The number of fused-ring (bicyclic) bond motifs is 1. The molecule has 30 heavy (non-hydrogen) atoms. The molecule has 2 aromatic heterocycles. The van der Waals surface area contributed by atoms with Gasteiger partial charge in [-0.2, -0.15) is 5.10 Å². The summed E-state index contributed by atoms with van der Waals surface area (Å²) in [7, 11) is 0. The highest BCUT2D eigenvalue weighted by molar-refractivity contribution is 5.86. The highest BCUT2D eigenvalue weighted by Gasteiger charge is 2.21. The Kier molecular flexibility index (Phi) is 5.75. The third kappa shape index (κ3) is 3.91. The Morgan fingerprint density at radius 1 is 1.13 bits per heavy atom. The Labute approximate surface area is 176 Å². The quantitative estimate of drug-likeness (QED) is 0.700. The van der Waals surface area contributed by atoms with Crippen molar-refractivity contribution in [3.05, 3.63) is 57.5 Å². The first-order valence-corrected chi connectivity index (χ1v) is 11.0. The lowest BCUT2D eigenvalue weighted by Crippen LogP contribution is -2.40. The molecule has 0 atom stereocenters. The van der Waals surface area contributed by atoms with Gasteiger partial charge in [0, 0.05) is 17.5 Å². The Hall–Kier alpha value is -2.89. The number of rotatable bonds is 5. The largest absolute Gasteiger partial charge is 0.352 e. The van der Waals surface area contributed by atoms with Crippen molar-refractivity contribution in [1.82, 2.24) is 19.7 Å². The number of benzene rings is 1. The molecule has 0 unspecified atom stereocenters. The smallest absolute Gasteiger partial charge is 0.252 e. The van der Waals surface area contributed by atoms with E-state index in [1.54, 1.807) is 15.3 Å². The topological polar surface area (TPSA) is 68.9 Å². The standard InChI is InChI=1S/C24H30N4O2/c1-4-18-14-22(30)27(15-21(29)25-19-8-6-5-7-9-19)24-23(18)17(3)26-28(24)20-12-10-16(2)11-13-20/h10-14,19H,4-9,15H2,1-3H3,(H,25,29). The van der Waals surface area contributed by atoms with Crippen molar-refractivity contribution in [3.63, 3.8) is 0 Å². The number of aryl methyl sites for hydroxylation is 3. The minimum atomic E-state index is -0.161. The van der Waals surface area contributed by atoms with Gasteiger partial charge in [0.15, 0.2) is 0 Å². The summed E-state index contributed by atoms with van der Waals surface area (Å²) in [6, 6.07) is 9.93. The Morgan fingerprint density at radius 2 is 1.83 bits per heavy atom. The highest BCUT2D eigenvalue weighted by atomic mass is 16.2. The number of carbonyl (C=O) groups is 1. The van der Waals surface area contributed by atoms with Crippen molar-refractivity contribution in [2.75, 3.05) is 0 Å². The van der Waals surface area contributed by atoms with Crippen LogP contribution in [-0.2, 0) is 17.8 Å². The van der Waals surface area contributed by atoms with E-state index < -0.39 is 0 Å². The van der Waals surface area contributed by atoms with Crippen LogP contribution in [0.15, 0.2) is 35.1 Å². The molecule has 1 fully saturated rings. The van der Waals surface area contributed by atoms with E-state index in [4.69, 9.17) is 5.10 Å². The number of nitrogens with zero attached hydrogens (tertiary/aromatic N) is 3. The highest BCUT2D eigenvalue weighted by Crippen LogP contribution is 2.25. The molecule has 2 heterocycles.